The first-order valence-electron chi connectivity index (χ1n) is 5.68. The summed E-state index contributed by atoms with van der Waals surface area (Å²) in [6.45, 7) is 6.36. The summed E-state index contributed by atoms with van der Waals surface area (Å²) in [5, 5.41) is 3.31. The number of ether oxygens (including phenoxy) is 1. The van der Waals surface area contributed by atoms with E-state index >= 15 is 0 Å². The molecule has 0 bridgehead atoms. The Hall–Kier alpha value is -1.16. The number of methoxy groups -OCH3 is 1. The largest absolute Gasteiger partial charge is 0.481 e. The second kappa shape index (κ2) is 5.80. The van der Waals surface area contributed by atoms with Crippen molar-refractivity contribution >= 4 is 0 Å². The number of aromatic nitrogens is 2. The minimum atomic E-state index is 0.354. The molecule has 90 valence electrons. The second-order valence-electron chi connectivity index (χ2n) is 3.99. The maximum absolute atomic E-state index is 5.21. The molecule has 4 heteroatoms. The van der Waals surface area contributed by atoms with Crippen molar-refractivity contribution in [2.24, 2.45) is 0 Å². The molecule has 0 aliphatic carbocycles. The van der Waals surface area contributed by atoms with Gasteiger partial charge in [0, 0.05) is 17.5 Å². The minimum Gasteiger partial charge on any atom is -0.481 e. The van der Waals surface area contributed by atoms with Gasteiger partial charge in [-0.15, -0.1) is 0 Å². The molecule has 0 amide bonds. The smallest absolute Gasteiger partial charge is 0.219 e. The van der Waals surface area contributed by atoms with Gasteiger partial charge in [-0.3, -0.25) is 0 Å². The van der Waals surface area contributed by atoms with E-state index in [0.29, 0.717) is 17.8 Å². The number of rotatable bonds is 5. The van der Waals surface area contributed by atoms with Crippen LogP contribution in [0.15, 0.2) is 6.33 Å². The molecule has 0 spiro atoms. The van der Waals surface area contributed by atoms with Crippen molar-refractivity contribution in [3.8, 4) is 5.88 Å². The average molecular weight is 223 g/mol. The molecule has 1 aromatic rings. The highest BCUT2D eigenvalue weighted by Crippen LogP contribution is 2.26. The van der Waals surface area contributed by atoms with E-state index in [2.05, 4.69) is 29.1 Å². The molecule has 1 aromatic heterocycles. The first kappa shape index (κ1) is 12.9. The summed E-state index contributed by atoms with van der Waals surface area (Å²) >= 11 is 0. The molecule has 4 nitrogen and oxygen atoms in total. The van der Waals surface area contributed by atoms with Crippen LogP contribution in [0.2, 0.25) is 0 Å². The van der Waals surface area contributed by atoms with Crippen molar-refractivity contribution in [2.75, 3.05) is 14.2 Å². The molecule has 0 fully saturated rings. The van der Waals surface area contributed by atoms with Gasteiger partial charge in [0.25, 0.3) is 0 Å². The van der Waals surface area contributed by atoms with Crippen molar-refractivity contribution in [3.05, 3.63) is 17.6 Å². The molecular weight excluding hydrogens is 202 g/mol. The third-order valence-corrected chi connectivity index (χ3v) is 3.12. The van der Waals surface area contributed by atoms with Gasteiger partial charge < -0.3 is 10.1 Å². The fourth-order valence-electron chi connectivity index (χ4n) is 2.11. The number of hydrogen-bond donors (Lipinski definition) is 1. The van der Waals surface area contributed by atoms with Crippen LogP contribution in [0.5, 0.6) is 5.88 Å². The maximum Gasteiger partial charge on any atom is 0.219 e. The van der Waals surface area contributed by atoms with Gasteiger partial charge in [0.1, 0.15) is 6.33 Å². The molecule has 2 unspecified atom stereocenters. The van der Waals surface area contributed by atoms with Crippen LogP contribution in [0.4, 0.5) is 0 Å². The summed E-state index contributed by atoms with van der Waals surface area (Å²) < 4.78 is 5.21. The normalized spacial score (nSPS) is 14.6. The van der Waals surface area contributed by atoms with E-state index in [9.17, 15) is 0 Å². The third kappa shape index (κ3) is 2.50. The molecule has 1 N–H and O–H groups in total. The molecular formula is C12H21N3O. The zero-order valence-electron chi connectivity index (χ0n) is 10.7. The topological polar surface area (TPSA) is 47.0 Å². The van der Waals surface area contributed by atoms with Crippen LogP contribution in [0.1, 0.15) is 37.4 Å². The molecule has 2 atom stereocenters. The van der Waals surface area contributed by atoms with Crippen molar-refractivity contribution < 1.29 is 4.74 Å². The Labute approximate surface area is 97.5 Å². The van der Waals surface area contributed by atoms with E-state index in [-0.39, 0.29) is 0 Å². The molecule has 1 rings (SSSR count). The van der Waals surface area contributed by atoms with Gasteiger partial charge >= 0.3 is 0 Å². The van der Waals surface area contributed by atoms with Crippen LogP contribution in [-0.4, -0.2) is 30.2 Å². The molecule has 0 saturated heterocycles. The monoisotopic (exact) mass is 223 g/mol. The number of hydrogen-bond acceptors (Lipinski definition) is 4. The van der Waals surface area contributed by atoms with E-state index in [1.807, 2.05) is 14.0 Å². The fraction of sp³-hybridized carbons (Fsp3) is 0.667. The van der Waals surface area contributed by atoms with Gasteiger partial charge in [-0.05, 0) is 20.4 Å². The highest BCUT2D eigenvalue weighted by atomic mass is 16.5. The fourth-order valence-corrected chi connectivity index (χ4v) is 2.11. The van der Waals surface area contributed by atoms with Crippen molar-refractivity contribution in [3.63, 3.8) is 0 Å². The van der Waals surface area contributed by atoms with E-state index in [4.69, 9.17) is 4.74 Å². The van der Waals surface area contributed by atoms with Crippen LogP contribution < -0.4 is 10.1 Å². The summed E-state index contributed by atoms with van der Waals surface area (Å²) in [7, 11) is 3.62. The lowest BCUT2D eigenvalue weighted by Crippen LogP contribution is -2.30. The quantitative estimate of drug-likeness (QED) is 0.828. The summed E-state index contributed by atoms with van der Waals surface area (Å²) in [6, 6.07) is 0.429. The molecule has 1 heterocycles. The van der Waals surface area contributed by atoms with Crippen LogP contribution in [0, 0.1) is 6.92 Å². The Kier molecular flexibility index (Phi) is 4.68. The Morgan fingerprint density at radius 1 is 1.44 bits per heavy atom. The van der Waals surface area contributed by atoms with E-state index < -0.39 is 0 Å². The van der Waals surface area contributed by atoms with Gasteiger partial charge in [-0.25, -0.2) is 9.97 Å². The van der Waals surface area contributed by atoms with Crippen molar-refractivity contribution in [1.29, 1.82) is 0 Å². The highest BCUT2D eigenvalue weighted by Gasteiger charge is 2.20. The molecule has 0 radical (unpaired) electrons. The van der Waals surface area contributed by atoms with Gasteiger partial charge in [-0.1, -0.05) is 13.8 Å². The zero-order valence-corrected chi connectivity index (χ0v) is 10.7. The number of nitrogens with zero attached hydrogens (tertiary/aromatic N) is 2. The van der Waals surface area contributed by atoms with Gasteiger partial charge in [0.15, 0.2) is 0 Å². The summed E-state index contributed by atoms with van der Waals surface area (Å²) in [5.74, 6) is 1.02. The lowest BCUT2D eigenvalue weighted by Gasteiger charge is -2.23. The SMILES string of the molecule is CCC(NC)C(C)c1ncnc(OC)c1C. The Morgan fingerprint density at radius 3 is 2.62 bits per heavy atom. The minimum absolute atomic E-state index is 0.354. The van der Waals surface area contributed by atoms with Crippen LogP contribution in [0.25, 0.3) is 0 Å². The van der Waals surface area contributed by atoms with E-state index in [1.54, 1.807) is 13.4 Å². The lowest BCUT2D eigenvalue weighted by molar-refractivity contribution is 0.388. The van der Waals surface area contributed by atoms with Crippen LogP contribution in [0.3, 0.4) is 0 Å². The van der Waals surface area contributed by atoms with Crippen molar-refractivity contribution in [1.82, 2.24) is 15.3 Å². The lowest BCUT2D eigenvalue weighted by atomic mass is 9.93. The predicted octanol–water partition coefficient (Wildman–Crippen LogP) is 1.90. The first-order chi connectivity index (χ1) is 7.65. The van der Waals surface area contributed by atoms with Crippen LogP contribution in [-0.2, 0) is 0 Å². The molecule has 0 saturated carbocycles. The molecule has 0 aliphatic heterocycles. The summed E-state index contributed by atoms with van der Waals surface area (Å²) in [5.41, 5.74) is 2.10. The average Bonchev–Trinajstić information content (AvgIpc) is 2.30. The van der Waals surface area contributed by atoms with E-state index in [0.717, 1.165) is 17.7 Å². The number of likely N-dealkylation sites (N-methyl/N-ethyl adjacent to an activating group) is 1. The van der Waals surface area contributed by atoms with Gasteiger partial charge in [-0.2, -0.15) is 0 Å². The second-order valence-corrected chi connectivity index (χ2v) is 3.99. The Bertz CT molecular complexity index is 337. The highest BCUT2D eigenvalue weighted by molar-refractivity contribution is 5.30. The zero-order chi connectivity index (χ0) is 12.1. The molecule has 16 heavy (non-hydrogen) atoms. The maximum atomic E-state index is 5.21. The summed E-state index contributed by atoms with van der Waals surface area (Å²) in [6.07, 6.45) is 2.64. The molecule has 0 aliphatic rings. The van der Waals surface area contributed by atoms with Gasteiger partial charge in [0.2, 0.25) is 5.88 Å². The van der Waals surface area contributed by atoms with Crippen LogP contribution >= 0.6 is 0 Å². The van der Waals surface area contributed by atoms with E-state index in [1.165, 1.54) is 0 Å². The summed E-state index contributed by atoms with van der Waals surface area (Å²) in [4.78, 5) is 8.47. The van der Waals surface area contributed by atoms with Crippen molar-refractivity contribution in [2.45, 2.75) is 39.2 Å². The predicted molar refractivity (Wildman–Crippen MR) is 64.9 cm³/mol. The Morgan fingerprint density at radius 2 is 2.12 bits per heavy atom. The van der Waals surface area contributed by atoms with Gasteiger partial charge in [0.05, 0.1) is 12.8 Å². The molecule has 0 aromatic carbocycles. The first-order valence-corrected chi connectivity index (χ1v) is 5.68. The number of nitrogens with one attached hydrogen (secondary N) is 1. The third-order valence-electron chi connectivity index (χ3n) is 3.12. The Balaban J connectivity index is 3.03. The standard InChI is InChI=1S/C12H21N3O/c1-6-10(13-4)8(2)11-9(3)12(16-5)15-7-14-11/h7-8,10,13H,6H2,1-5H3.